The number of ether oxygens (including phenoxy) is 3. The van der Waals surface area contributed by atoms with Crippen molar-refractivity contribution in [1.29, 1.82) is 0 Å². The van der Waals surface area contributed by atoms with Crippen LogP contribution in [-0.2, 0) is 32.9 Å². The molecule has 0 saturated carbocycles. The summed E-state index contributed by atoms with van der Waals surface area (Å²) < 4.78 is 62.6. The Kier molecular flexibility index (Phi) is 9.76. The van der Waals surface area contributed by atoms with E-state index >= 15 is 0 Å². The van der Waals surface area contributed by atoms with E-state index in [0.717, 1.165) is 0 Å². The van der Waals surface area contributed by atoms with Crippen LogP contribution in [0.5, 0.6) is 11.5 Å². The minimum absolute atomic E-state index is 0.110. The molecule has 2 saturated heterocycles. The van der Waals surface area contributed by atoms with E-state index in [1.807, 2.05) is 0 Å². The molecule has 1 unspecified atom stereocenters. The zero-order valence-electron chi connectivity index (χ0n) is 25.3. The van der Waals surface area contributed by atoms with Gasteiger partial charge in [0.25, 0.3) is 0 Å². The van der Waals surface area contributed by atoms with Crippen molar-refractivity contribution in [2.24, 2.45) is 0 Å². The topological polar surface area (TPSA) is 118 Å². The highest BCUT2D eigenvalue weighted by Gasteiger charge is 2.57. The summed E-state index contributed by atoms with van der Waals surface area (Å²) in [5.74, 6) is -0.524. The quantitative estimate of drug-likeness (QED) is 0.319. The van der Waals surface area contributed by atoms with Crippen LogP contribution in [0, 0.1) is 6.57 Å². The van der Waals surface area contributed by atoms with Crippen molar-refractivity contribution in [3.8, 4) is 11.5 Å². The number of carbonyl (C=O) groups excluding carboxylic acids is 1. The first-order valence-electron chi connectivity index (χ1n) is 14.8. The number of aliphatic hydroxyl groups is 1. The van der Waals surface area contributed by atoms with Gasteiger partial charge >= 0.3 is 12.1 Å². The molecule has 2 aromatic carbocycles. The number of carboxylic acid groups (broad SMARTS) is 1. The predicted molar refractivity (Wildman–Crippen MR) is 160 cm³/mol. The number of alkyl halides is 3. The summed E-state index contributed by atoms with van der Waals surface area (Å²) in [4.78, 5) is 30.6. The van der Waals surface area contributed by atoms with Crippen molar-refractivity contribution >= 4 is 28.5 Å². The van der Waals surface area contributed by atoms with E-state index in [9.17, 15) is 27.9 Å². The number of aliphatic carboxylic acids is 1. The molecule has 14 heteroatoms. The fourth-order valence-corrected chi connectivity index (χ4v) is 5.98. The first-order chi connectivity index (χ1) is 21.9. The monoisotopic (exact) mass is 644 g/mol. The summed E-state index contributed by atoms with van der Waals surface area (Å²) >= 11 is 0. The van der Waals surface area contributed by atoms with Gasteiger partial charge in [0.05, 0.1) is 33.3 Å². The highest BCUT2D eigenvalue weighted by molar-refractivity contribution is 5.89. The smallest absolute Gasteiger partial charge is 0.422 e. The number of morpholine rings is 1. The Balaban J connectivity index is 1.35. The van der Waals surface area contributed by atoms with Crippen LogP contribution in [0.1, 0.15) is 24.0 Å². The number of halogens is 3. The number of benzene rings is 2. The minimum Gasteiger partial charge on any atom is -0.493 e. The second kappa shape index (κ2) is 13.6. The number of amides is 1. The van der Waals surface area contributed by atoms with Gasteiger partial charge in [-0.05, 0) is 36.6 Å². The standard InChI is InChI=1S/C32H35F3N4O7/c1-36-22-4-5-24-25(18-39(26(24)17-22)19-29(40)38-11-13-45-14-12-38)31(43,32(33,34)35)20-37-9-7-23(8-10-37)46-27-6-3-21(16-30(41)42)15-28(27)44-2/h3-6,15,17-18,23,43H,7-14,16,19-20H2,2H3,(H,41,42). The first-order valence-corrected chi connectivity index (χ1v) is 14.8. The van der Waals surface area contributed by atoms with Crippen molar-refractivity contribution in [2.75, 3.05) is 53.0 Å². The van der Waals surface area contributed by atoms with Crippen molar-refractivity contribution < 1.29 is 47.2 Å². The zero-order chi connectivity index (χ0) is 33.1. The van der Waals surface area contributed by atoms with Gasteiger partial charge in [0.2, 0.25) is 11.5 Å². The molecule has 1 amide bonds. The third kappa shape index (κ3) is 7.06. The molecule has 2 aliphatic rings. The Bertz CT molecular complexity index is 1620. The third-order valence-electron chi connectivity index (χ3n) is 8.44. The molecule has 2 aliphatic heterocycles. The van der Waals surface area contributed by atoms with E-state index in [1.54, 1.807) is 23.1 Å². The molecular weight excluding hydrogens is 609 g/mol. The molecule has 0 bridgehead atoms. The molecule has 0 aliphatic carbocycles. The molecule has 46 heavy (non-hydrogen) atoms. The number of methoxy groups -OCH3 is 1. The lowest BCUT2D eigenvalue weighted by Gasteiger charge is -2.39. The molecule has 0 spiro atoms. The number of hydrogen-bond acceptors (Lipinski definition) is 7. The Morgan fingerprint density at radius 3 is 2.41 bits per heavy atom. The SMILES string of the molecule is [C-]#[N+]c1ccc2c(C(O)(CN3CCC(Oc4ccc(CC(=O)O)cc4OC)CC3)C(F)(F)F)cn(CC(=O)N3CCOCC3)c2c1. The maximum Gasteiger partial charge on any atom is 0.422 e. The molecule has 3 heterocycles. The largest absolute Gasteiger partial charge is 0.493 e. The van der Waals surface area contributed by atoms with Crippen molar-refractivity contribution in [3.05, 3.63) is 65.1 Å². The van der Waals surface area contributed by atoms with Gasteiger partial charge in [-0.2, -0.15) is 13.2 Å². The summed E-state index contributed by atoms with van der Waals surface area (Å²) in [7, 11) is 1.44. The number of β-amino-alcohol motifs (C(OH)–C–C–N with tert-alkyl or cyclic N) is 1. The second-order valence-electron chi connectivity index (χ2n) is 11.5. The van der Waals surface area contributed by atoms with Crippen LogP contribution in [0.3, 0.4) is 0 Å². The molecule has 1 atom stereocenters. The number of nitrogens with zero attached hydrogens (tertiary/aromatic N) is 4. The predicted octanol–water partition coefficient (Wildman–Crippen LogP) is 3.98. The fraction of sp³-hybridized carbons (Fsp3) is 0.469. The van der Waals surface area contributed by atoms with Crippen LogP contribution in [0.25, 0.3) is 15.7 Å². The zero-order valence-corrected chi connectivity index (χ0v) is 25.3. The Labute approximate surface area is 263 Å². The summed E-state index contributed by atoms with van der Waals surface area (Å²) in [6.45, 7) is 8.28. The maximum absolute atomic E-state index is 14.8. The van der Waals surface area contributed by atoms with Crippen LogP contribution in [0.4, 0.5) is 18.9 Å². The molecular formula is C32H35F3N4O7. The summed E-state index contributed by atoms with van der Waals surface area (Å²) in [6.07, 6.45) is -3.65. The van der Waals surface area contributed by atoms with Crippen LogP contribution >= 0.6 is 0 Å². The van der Waals surface area contributed by atoms with Crippen molar-refractivity contribution in [1.82, 2.24) is 14.4 Å². The number of aromatic nitrogens is 1. The molecule has 3 aromatic rings. The van der Waals surface area contributed by atoms with E-state index in [4.69, 9.17) is 25.9 Å². The summed E-state index contributed by atoms with van der Waals surface area (Å²) in [6, 6.07) is 9.03. The Morgan fingerprint density at radius 2 is 1.78 bits per heavy atom. The summed E-state index contributed by atoms with van der Waals surface area (Å²) in [5, 5.41) is 20.7. The Hall–Kier alpha value is -4.32. The number of hydrogen-bond donors (Lipinski definition) is 2. The highest BCUT2D eigenvalue weighted by atomic mass is 19.4. The van der Waals surface area contributed by atoms with E-state index < -0.39 is 24.3 Å². The van der Waals surface area contributed by atoms with E-state index in [2.05, 4.69) is 4.85 Å². The second-order valence-corrected chi connectivity index (χ2v) is 11.5. The maximum atomic E-state index is 14.8. The first kappa shape index (κ1) is 33.1. The minimum atomic E-state index is -5.06. The fourth-order valence-electron chi connectivity index (χ4n) is 5.98. The van der Waals surface area contributed by atoms with E-state index in [1.165, 1.54) is 41.0 Å². The summed E-state index contributed by atoms with van der Waals surface area (Å²) in [5.41, 5.74) is -2.66. The number of fused-ring (bicyclic) bond motifs is 1. The number of likely N-dealkylation sites (tertiary alicyclic amines) is 1. The molecule has 0 radical (unpaired) electrons. The lowest BCUT2D eigenvalue weighted by molar-refractivity contribution is -0.272. The Morgan fingerprint density at radius 1 is 1.07 bits per heavy atom. The molecule has 5 rings (SSSR count). The van der Waals surface area contributed by atoms with Gasteiger partial charge in [0, 0.05) is 55.4 Å². The van der Waals surface area contributed by atoms with Gasteiger partial charge in [-0.15, -0.1) is 0 Å². The van der Waals surface area contributed by atoms with Gasteiger partial charge in [0.15, 0.2) is 17.2 Å². The highest BCUT2D eigenvalue weighted by Crippen LogP contribution is 2.44. The van der Waals surface area contributed by atoms with Gasteiger partial charge in [-0.25, -0.2) is 4.85 Å². The lowest BCUT2D eigenvalue weighted by Crippen LogP contribution is -2.53. The average Bonchev–Trinajstić information content (AvgIpc) is 3.40. The molecule has 11 nitrogen and oxygen atoms in total. The third-order valence-corrected chi connectivity index (χ3v) is 8.44. The molecule has 1 aromatic heterocycles. The van der Waals surface area contributed by atoms with Crippen LogP contribution < -0.4 is 9.47 Å². The molecule has 246 valence electrons. The van der Waals surface area contributed by atoms with Crippen molar-refractivity contribution in [3.63, 3.8) is 0 Å². The van der Waals surface area contributed by atoms with E-state index in [0.29, 0.717) is 56.2 Å². The number of carbonyl (C=O) groups is 2. The lowest BCUT2D eigenvalue weighted by atomic mass is 9.91. The van der Waals surface area contributed by atoms with Crippen molar-refractivity contribution in [2.45, 2.75) is 43.7 Å². The van der Waals surface area contributed by atoms with Gasteiger partial charge in [-0.1, -0.05) is 18.2 Å². The van der Waals surface area contributed by atoms with Gasteiger partial charge < -0.3 is 33.9 Å². The number of rotatable bonds is 10. The number of piperidine rings is 1. The van der Waals surface area contributed by atoms with Gasteiger partial charge in [-0.3, -0.25) is 14.5 Å². The van der Waals surface area contributed by atoms with E-state index in [-0.39, 0.29) is 60.2 Å². The van der Waals surface area contributed by atoms with Crippen LogP contribution in [0.2, 0.25) is 0 Å². The molecule has 2 fully saturated rings. The van der Waals surface area contributed by atoms with Gasteiger partial charge in [0.1, 0.15) is 12.6 Å². The molecule has 2 N–H and O–H groups in total. The normalized spacial score (nSPS) is 17.8. The average molecular weight is 645 g/mol. The number of carboxylic acids is 1. The van der Waals surface area contributed by atoms with Crippen LogP contribution in [-0.4, -0.2) is 102 Å². The van der Waals surface area contributed by atoms with Crippen LogP contribution in [0.15, 0.2) is 42.6 Å².